The predicted molar refractivity (Wildman–Crippen MR) is 98.4 cm³/mol. The lowest BCUT2D eigenvalue weighted by Gasteiger charge is -2.14. The Balaban J connectivity index is 3.25. The monoisotopic (exact) mass is 348 g/mol. The normalized spacial score (nSPS) is 14.0. The van der Waals surface area contributed by atoms with Crippen molar-refractivity contribution in [1.29, 1.82) is 0 Å². The van der Waals surface area contributed by atoms with E-state index in [-0.39, 0.29) is 0 Å². The van der Waals surface area contributed by atoms with Gasteiger partial charge in [0.15, 0.2) is 0 Å². The number of nitrogens with one attached hydrogen (secondary N) is 2. The standard InChI is InChI=1S/C18H40N2O4/c1-3-5-7-11-23-15-17(21)13-19-9-10-20-14-18(22)16-24-12-8-6-4-2/h17-22H,3-16H2,1-2H3. The van der Waals surface area contributed by atoms with Gasteiger partial charge in [-0.15, -0.1) is 0 Å². The highest BCUT2D eigenvalue weighted by atomic mass is 16.5. The maximum Gasteiger partial charge on any atom is 0.0897 e. The van der Waals surface area contributed by atoms with Crippen LogP contribution in [0.4, 0.5) is 0 Å². The Morgan fingerprint density at radius 3 is 1.50 bits per heavy atom. The van der Waals surface area contributed by atoms with Gasteiger partial charge in [0.1, 0.15) is 0 Å². The van der Waals surface area contributed by atoms with Crippen molar-refractivity contribution in [3.05, 3.63) is 0 Å². The molecule has 2 atom stereocenters. The molecule has 146 valence electrons. The molecule has 0 bridgehead atoms. The molecule has 0 heterocycles. The van der Waals surface area contributed by atoms with Crippen molar-refractivity contribution in [3.63, 3.8) is 0 Å². The molecular weight excluding hydrogens is 308 g/mol. The van der Waals surface area contributed by atoms with Gasteiger partial charge < -0.3 is 30.3 Å². The molecule has 0 aromatic carbocycles. The second-order valence-corrected chi connectivity index (χ2v) is 6.28. The van der Waals surface area contributed by atoms with Crippen molar-refractivity contribution in [2.75, 3.05) is 52.6 Å². The van der Waals surface area contributed by atoms with E-state index in [1.807, 2.05) is 0 Å². The Bertz CT molecular complexity index is 221. The van der Waals surface area contributed by atoms with E-state index in [1.54, 1.807) is 0 Å². The lowest BCUT2D eigenvalue weighted by Crippen LogP contribution is -2.37. The molecule has 6 heteroatoms. The van der Waals surface area contributed by atoms with Crippen molar-refractivity contribution >= 4 is 0 Å². The van der Waals surface area contributed by atoms with Crippen LogP contribution in [0.2, 0.25) is 0 Å². The SMILES string of the molecule is CCCCCOCC(O)CNCCNCC(O)COCCCCC. The molecule has 0 saturated heterocycles. The van der Waals surface area contributed by atoms with E-state index in [4.69, 9.17) is 9.47 Å². The fraction of sp³-hybridized carbons (Fsp3) is 1.00. The summed E-state index contributed by atoms with van der Waals surface area (Å²) in [6, 6.07) is 0. The van der Waals surface area contributed by atoms with Crippen molar-refractivity contribution in [2.45, 2.75) is 64.6 Å². The largest absolute Gasteiger partial charge is 0.389 e. The Morgan fingerprint density at radius 1 is 0.708 bits per heavy atom. The molecule has 0 spiro atoms. The molecule has 0 amide bonds. The maximum atomic E-state index is 9.74. The molecule has 0 radical (unpaired) electrons. The first-order chi connectivity index (χ1) is 11.7. The second kappa shape index (κ2) is 19.1. The summed E-state index contributed by atoms with van der Waals surface area (Å²) in [7, 11) is 0. The van der Waals surface area contributed by atoms with Crippen LogP contribution in [0.25, 0.3) is 0 Å². The van der Waals surface area contributed by atoms with Crippen LogP contribution in [-0.2, 0) is 9.47 Å². The van der Waals surface area contributed by atoms with Crippen LogP contribution in [0, 0.1) is 0 Å². The first-order valence-corrected chi connectivity index (χ1v) is 9.63. The Kier molecular flexibility index (Phi) is 18.9. The zero-order valence-electron chi connectivity index (χ0n) is 15.8. The molecule has 0 rings (SSSR count). The Labute approximate surface area is 148 Å². The molecule has 0 aliphatic carbocycles. The van der Waals surface area contributed by atoms with Gasteiger partial charge in [-0.3, -0.25) is 0 Å². The third-order valence-electron chi connectivity index (χ3n) is 3.64. The van der Waals surface area contributed by atoms with Crippen LogP contribution < -0.4 is 10.6 Å². The van der Waals surface area contributed by atoms with Crippen LogP contribution in [-0.4, -0.2) is 75.0 Å². The van der Waals surface area contributed by atoms with Crippen LogP contribution in [0.15, 0.2) is 0 Å². The quantitative estimate of drug-likeness (QED) is 0.263. The molecule has 0 aromatic rings. The summed E-state index contributed by atoms with van der Waals surface area (Å²) >= 11 is 0. The minimum atomic E-state index is -0.464. The minimum absolute atomic E-state index is 0.387. The van der Waals surface area contributed by atoms with Crippen molar-refractivity contribution < 1.29 is 19.7 Å². The average molecular weight is 349 g/mol. The first kappa shape index (κ1) is 23.8. The van der Waals surface area contributed by atoms with Gasteiger partial charge in [0.25, 0.3) is 0 Å². The van der Waals surface area contributed by atoms with Gasteiger partial charge in [-0.25, -0.2) is 0 Å². The molecule has 2 unspecified atom stereocenters. The fourth-order valence-electron chi connectivity index (χ4n) is 2.18. The minimum Gasteiger partial charge on any atom is -0.389 e. The topological polar surface area (TPSA) is 83.0 Å². The summed E-state index contributed by atoms with van der Waals surface area (Å²) in [5.74, 6) is 0. The molecule has 0 aliphatic rings. The Morgan fingerprint density at radius 2 is 1.12 bits per heavy atom. The maximum absolute atomic E-state index is 9.74. The molecule has 6 nitrogen and oxygen atoms in total. The molecule has 24 heavy (non-hydrogen) atoms. The molecule has 0 fully saturated rings. The molecule has 0 saturated carbocycles. The fourth-order valence-corrected chi connectivity index (χ4v) is 2.18. The van der Waals surface area contributed by atoms with Crippen LogP contribution in [0.5, 0.6) is 0 Å². The zero-order valence-corrected chi connectivity index (χ0v) is 15.8. The third kappa shape index (κ3) is 18.1. The van der Waals surface area contributed by atoms with Crippen LogP contribution in [0.1, 0.15) is 52.4 Å². The van der Waals surface area contributed by atoms with E-state index < -0.39 is 12.2 Å². The molecule has 0 aromatic heterocycles. The number of hydrogen-bond acceptors (Lipinski definition) is 6. The van der Waals surface area contributed by atoms with Crippen molar-refractivity contribution in [2.24, 2.45) is 0 Å². The second-order valence-electron chi connectivity index (χ2n) is 6.28. The van der Waals surface area contributed by atoms with Gasteiger partial charge >= 0.3 is 0 Å². The van der Waals surface area contributed by atoms with Crippen molar-refractivity contribution in [3.8, 4) is 0 Å². The number of aliphatic hydroxyl groups is 2. The van der Waals surface area contributed by atoms with Gasteiger partial charge in [-0.2, -0.15) is 0 Å². The molecule has 4 N–H and O–H groups in total. The third-order valence-corrected chi connectivity index (χ3v) is 3.64. The van der Waals surface area contributed by atoms with Gasteiger partial charge in [-0.1, -0.05) is 39.5 Å². The summed E-state index contributed by atoms with van der Waals surface area (Å²) in [5, 5.41) is 25.8. The number of rotatable bonds is 19. The average Bonchev–Trinajstić information content (AvgIpc) is 2.57. The summed E-state index contributed by atoms with van der Waals surface area (Å²) < 4.78 is 10.8. The van der Waals surface area contributed by atoms with Crippen LogP contribution in [0.3, 0.4) is 0 Å². The van der Waals surface area contributed by atoms with Gasteiger partial charge in [0.05, 0.1) is 25.4 Å². The van der Waals surface area contributed by atoms with E-state index in [0.717, 1.165) is 39.1 Å². The summed E-state index contributed by atoms with van der Waals surface area (Å²) in [6.07, 6.45) is 5.91. The number of aliphatic hydroxyl groups excluding tert-OH is 2. The lowest BCUT2D eigenvalue weighted by molar-refractivity contribution is 0.0340. The number of hydrogen-bond donors (Lipinski definition) is 4. The van der Waals surface area contributed by atoms with E-state index in [2.05, 4.69) is 24.5 Å². The number of unbranched alkanes of at least 4 members (excludes halogenated alkanes) is 4. The highest BCUT2D eigenvalue weighted by Gasteiger charge is 2.05. The molecule has 0 aliphatic heterocycles. The van der Waals surface area contributed by atoms with Gasteiger partial charge in [0.2, 0.25) is 0 Å². The van der Waals surface area contributed by atoms with E-state index in [0.29, 0.717) is 26.3 Å². The first-order valence-electron chi connectivity index (χ1n) is 9.63. The highest BCUT2D eigenvalue weighted by Crippen LogP contribution is 1.95. The summed E-state index contributed by atoms with van der Waals surface area (Å²) in [6.45, 7) is 9.09. The van der Waals surface area contributed by atoms with Crippen LogP contribution >= 0.6 is 0 Å². The van der Waals surface area contributed by atoms with Gasteiger partial charge in [-0.05, 0) is 12.8 Å². The zero-order chi connectivity index (χ0) is 17.9. The highest BCUT2D eigenvalue weighted by molar-refractivity contribution is 4.62. The van der Waals surface area contributed by atoms with E-state index in [9.17, 15) is 10.2 Å². The van der Waals surface area contributed by atoms with E-state index in [1.165, 1.54) is 25.7 Å². The lowest BCUT2D eigenvalue weighted by atomic mass is 10.3. The summed E-state index contributed by atoms with van der Waals surface area (Å²) in [4.78, 5) is 0. The number of ether oxygens (including phenoxy) is 2. The summed E-state index contributed by atoms with van der Waals surface area (Å²) in [5.41, 5.74) is 0. The van der Waals surface area contributed by atoms with Gasteiger partial charge in [0, 0.05) is 39.4 Å². The molecular formula is C18H40N2O4. The van der Waals surface area contributed by atoms with E-state index >= 15 is 0 Å². The van der Waals surface area contributed by atoms with Crippen molar-refractivity contribution in [1.82, 2.24) is 10.6 Å². The predicted octanol–water partition coefficient (Wildman–Crippen LogP) is 1.30. The smallest absolute Gasteiger partial charge is 0.0897 e. The Hall–Kier alpha value is -0.240.